The highest BCUT2D eigenvalue weighted by molar-refractivity contribution is 5.96. The van der Waals surface area contributed by atoms with E-state index >= 15 is 0 Å². The van der Waals surface area contributed by atoms with Gasteiger partial charge in [0.25, 0.3) is 5.91 Å². The van der Waals surface area contributed by atoms with Gasteiger partial charge >= 0.3 is 0 Å². The smallest absolute Gasteiger partial charge is 0.256 e. The summed E-state index contributed by atoms with van der Waals surface area (Å²) < 4.78 is 31.7. The van der Waals surface area contributed by atoms with Gasteiger partial charge in [-0.2, -0.15) is 0 Å². The van der Waals surface area contributed by atoms with Crippen molar-refractivity contribution in [3.8, 4) is 0 Å². The van der Waals surface area contributed by atoms with Crippen LogP contribution in [-0.4, -0.2) is 49.4 Å². The van der Waals surface area contributed by atoms with Crippen molar-refractivity contribution in [2.75, 3.05) is 37.4 Å². The van der Waals surface area contributed by atoms with Crippen molar-refractivity contribution < 1.29 is 27.9 Å². The summed E-state index contributed by atoms with van der Waals surface area (Å²) in [6.45, 7) is 0.511. The number of anilines is 2. The second-order valence-electron chi connectivity index (χ2n) is 7.24. The molecule has 1 saturated heterocycles. The van der Waals surface area contributed by atoms with Crippen molar-refractivity contribution in [3.63, 3.8) is 0 Å². The third-order valence-electron chi connectivity index (χ3n) is 5.00. The van der Waals surface area contributed by atoms with Crippen LogP contribution in [0.5, 0.6) is 0 Å². The first-order chi connectivity index (χ1) is 14.9. The molecule has 0 saturated carbocycles. The number of hydrogen-bond donors (Lipinski definition) is 2. The number of rotatable bonds is 6. The molecule has 2 aromatic rings. The van der Waals surface area contributed by atoms with Crippen molar-refractivity contribution in [1.82, 2.24) is 4.90 Å². The second-order valence-corrected chi connectivity index (χ2v) is 7.24. The number of carbonyl (C=O) groups is 3. The molecule has 164 valence electrons. The van der Waals surface area contributed by atoms with Crippen LogP contribution in [0.1, 0.15) is 23.2 Å². The first-order valence-corrected chi connectivity index (χ1v) is 9.81. The van der Waals surface area contributed by atoms with Crippen LogP contribution in [-0.2, 0) is 14.3 Å². The predicted molar refractivity (Wildman–Crippen MR) is 111 cm³/mol. The van der Waals surface area contributed by atoms with Crippen molar-refractivity contribution in [2.24, 2.45) is 5.92 Å². The summed E-state index contributed by atoms with van der Waals surface area (Å²) in [5.41, 5.74) is 0.880. The third-order valence-corrected chi connectivity index (χ3v) is 5.00. The minimum atomic E-state index is -0.901. The van der Waals surface area contributed by atoms with Gasteiger partial charge in [-0.15, -0.1) is 0 Å². The first kappa shape index (κ1) is 22.4. The van der Waals surface area contributed by atoms with Crippen LogP contribution in [0, 0.1) is 17.6 Å². The van der Waals surface area contributed by atoms with E-state index in [1.165, 1.54) is 12.0 Å². The summed E-state index contributed by atoms with van der Waals surface area (Å²) in [7, 11) is 1.42. The Morgan fingerprint density at radius 2 is 1.71 bits per heavy atom. The Labute approximate surface area is 178 Å². The van der Waals surface area contributed by atoms with Gasteiger partial charge in [-0.25, -0.2) is 8.78 Å². The lowest BCUT2D eigenvalue weighted by atomic mass is 9.95. The fourth-order valence-corrected chi connectivity index (χ4v) is 3.43. The average molecular weight is 431 g/mol. The molecule has 0 atom stereocenters. The monoisotopic (exact) mass is 431 g/mol. The lowest BCUT2D eigenvalue weighted by molar-refractivity contribution is -0.121. The topological polar surface area (TPSA) is 87.7 Å². The molecule has 0 spiro atoms. The summed E-state index contributed by atoms with van der Waals surface area (Å²) >= 11 is 0. The van der Waals surface area contributed by atoms with E-state index in [1.54, 1.807) is 24.3 Å². The van der Waals surface area contributed by atoms with Crippen LogP contribution in [0.4, 0.5) is 20.2 Å². The molecule has 3 rings (SSSR count). The molecule has 3 amide bonds. The molecule has 1 fully saturated rings. The van der Waals surface area contributed by atoms with Gasteiger partial charge < -0.3 is 20.3 Å². The minimum Gasteiger partial charge on any atom is -0.375 e. The molecule has 9 heteroatoms. The zero-order valence-corrected chi connectivity index (χ0v) is 17.0. The van der Waals surface area contributed by atoms with Gasteiger partial charge in [0.05, 0.1) is 5.56 Å². The summed E-state index contributed by atoms with van der Waals surface area (Å²) in [6.07, 6.45) is 0.843. The van der Waals surface area contributed by atoms with Crippen LogP contribution >= 0.6 is 0 Å². The number of nitrogens with zero attached hydrogens (tertiary/aromatic N) is 1. The van der Waals surface area contributed by atoms with E-state index in [1.807, 2.05) is 0 Å². The van der Waals surface area contributed by atoms with Gasteiger partial charge in [-0.05, 0) is 43.2 Å². The third kappa shape index (κ3) is 5.85. The minimum absolute atomic E-state index is 0.0737. The Hall–Kier alpha value is -3.33. The van der Waals surface area contributed by atoms with Crippen molar-refractivity contribution in [1.29, 1.82) is 0 Å². The maximum Gasteiger partial charge on any atom is 0.256 e. The lowest BCUT2D eigenvalue weighted by Crippen LogP contribution is -2.41. The van der Waals surface area contributed by atoms with Crippen molar-refractivity contribution in [2.45, 2.75) is 12.8 Å². The molecule has 0 radical (unpaired) electrons. The van der Waals surface area contributed by atoms with Gasteiger partial charge in [0.15, 0.2) is 0 Å². The quantitative estimate of drug-likeness (QED) is 0.736. The largest absolute Gasteiger partial charge is 0.375 e. The maximum atomic E-state index is 13.9. The molecule has 0 aromatic heterocycles. The number of likely N-dealkylation sites (tertiary alicyclic amines) is 1. The zero-order chi connectivity index (χ0) is 22.4. The standard InChI is InChI=1S/C22H23F2N3O4/c1-31-13-20(28)25-16-3-2-4-17(12-16)26-21(29)14-7-9-27(10-8-14)22(30)18-6-5-15(23)11-19(18)24/h2-6,11-12,14H,7-10,13H2,1H3,(H,25,28)(H,26,29). The molecule has 0 aliphatic carbocycles. The lowest BCUT2D eigenvalue weighted by Gasteiger charge is -2.31. The fraction of sp³-hybridized carbons (Fsp3) is 0.318. The summed E-state index contributed by atoms with van der Waals surface area (Å²) in [5.74, 6) is -2.97. The van der Waals surface area contributed by atoms with Crippen LogP contribution in [0.2, 0.25) is 0 Å². The molecule has 31 heavy (non-hydrogen) atoms. The number of nitrogens with one attached hydrogen (secondary N) is 2. The van der Waals surface area contributed by atoms with Gasteiger partial charge in [-0.3, -0.25) is 14.4 Å². The van der Waals surface area contributed by atoms with E-state index in [4.69, 9.17) is 4.74 Å². The molecule has 1 aliphatic heterocycles. The zero-order valence-electron chi connectivity index (χ0n) is 17.0. The summed E-state index contributed by atoms with van der Waals surface area (Å²) in [6, 6.07) is 9.60. The van der Waals surface area contributed by atoms with Gasteiger partial charge in [0, 0.05) is 43.6 Å². The van der Waals surface area contributed by atoms with Gasteiger partial charge in [0.1, 0.15) is 18.2 Å². The van der Waals surface area contributed by atoms with Crippen LogP contribution < -0.4 is 10.6 Å². The van der Waals surface area contributed by atoms with Crippen LogP contribution in [0.3, 0.4) is 0 Å². The Kier molecular flexibility index (Phi) is 7.30. The Balaban J connectivity index is 1.54. The number of carbonyl (C=O) groups excluding carboxylic acids is 3. The second kappa shape index (κ2) is 10.1. The highest BCUT2D eigenvalue weighted by atomic mass is 19.1. The number of ether oxygens (including phenoxy) is 1. The highest BCUT2D eigenvalue weighted by Gasteiger charge is 2.29. The number of amides is 3. The predicted octanol–water partition coefficient (Wildman–Crippen LogP) is 3.04. The van der Waals surface area contributed by atoms with Crippen molar-refractivity contribution in [3.05, 3.63) is 59.7 Å². The normalized spacial score (nSPS) is 14.2. The number of piperidine rings is 1. The van der Waals surface area contributed by atoms with E-state index < -0.39 is 17.5 Å². The first-order valence-electron chi connectivity index (χ1n) is 9.81. The Bertz CT molecular complexity index is 975. The summed E-state index contributed by atoms with van der Waals surface area (Å²) in [4.78, 5) is 38.2. The molecule has 2 aromatic carbocycles. The maximum absolute atomic E-state index is 13.9. The van der Waals surface area contributed by atoms with Gasteiger partial charge in [0.2, 0.25) is 11.8 Å². The Morgan fingerprint density at radius 1 is 1.03 bits per heavy atom. The Morgan fingerprint density at radius 3 is 2.35 bits per heavy atom. The van der Waals surface area contributed by atoms with E-state index in [2.05, 4.69) is 10.6 Å². The molecule has 2 N–H and O–H groups in total. The van der Waals surface area contributed by atoms with E-state index in [9.17, 15) is 23.2 Å². The van der Waals surface area contributed by atoms with Crippen LogP contribution in [0.25, 0.3) is 0 Å². The van der Waals surface area contributed by atoms with Crippen molar-refractivity contribution >= 4 is 29.1 Å². The average Bonchev–Trinajstić information content (AvgIpc) is 2.74. The molecule has 0 bridgehead atoms. The highest BCUT2D eigenvalue weighted by Crippen LogP contribution is 2.23. The summed E-state index contributed by atoms with van der Waals surface area (Å²) in [5, 5.41) is 5.49. The molecular formula is C22H23F2N3O4. The van der Waals surface area contributed by atoms with E-state index in [0.717, 1.165) is 12.1 Å². The van der Waals surface area contributed by atoms with Gasteiger partial charge in [-0.1, -0.05) is 6.07 Å². The number of benzene rings is 2. The molecule has 1 heterocycles. The number of halogens is 2. The number of methoxy groups -OCH3 is 1. The molecule has 7 nitrogen and oxygen atoms in total. The van der Waals surface area contributed by atoms with E-state index in [-0.39, 0.29) is 29.9 Å². The number of hydrogen-bond acceptors (Lipinski definition) is 4. The van der Waals surface area contributed by atoms with Crippen LogP contribution in [0.15, 0.2) is 42.5 Å². The SMILES string of the molecule is COCC(=O)Nc1cccc(NC(=O)C2CCN(C(=O)c3ccc(F)cc3F)CC2)c1. The molecular weight excluding hydrogens is 408 g/mol. The fourth-order valence-electron chi connectivity index (χ4n) is 3.43. The molecule has 0 unspecified atom stereocenters. The van der Waals surface area contributed by atoms with E-state index in [0.29, 0.717) is 43.4 Å². The molecule has 1 aliphatic rings.